The Morgan fingerprint density at radius 2 is 1.88 bits per heavy atom. The van der Waals surface area contributed by atoms with E-state index in [9.17, 15) is 9.59 Å². The molecule has 0 atom stereocenters. The smallest absolute Gasteiger partial charge is 0.319 e. The molecule has 6 heteroatoms. The van der Waals surface area contributed by atoms with Gasteiger partial charge in [0, 0.05) is 44.0 Å². The summed E-state index contributed by atoms with van der Waals surface area (Å²) in [5.74, 6) is 0.244. The van der Waals surface area contributed by atoms with E-state index in [-0.39, 0.29) is 17.9 Å². The van der Waals surface area contributed by atoms with Gasteiger partial charge in [-0.3, -0.25) is 4.79 Å². The van der Waals surface area contributed by atoms with Crippen LogP contribution in [-0.2, 0) is 11.3 Å². The first-order valence-corrected chi connectivity index (χ1v) is 9.67. The van der Waals surface area contributed by atoms with Gasteiger partial charge in [-0.15, -0.1) is 11.3 Å². The maximum absolute atomic E-state index is 12.7. The molecule has 134 valence electrons. The number of carbonyl (C=O) groups excluding carboxylic acids is 2. The molecule has 3 amide bonds. The van der Waals surface area contributed by atoms with Crippen LogP contribution in [0, 0.1) is 12.8 Å². The monoisotopic (exact) mass is 351 g/mol. The fourth-order valence-electron chi connectivity index (χ4n) is 3.18. The van der Waals surface area contributed by atoms with Crippen molar-refractivity contribution in [1.29, 1.82) is 0 Å². The Bertz CT molecular complexity index is 560. The van der Waals surface area contributed by atoms with Gasteiger partial charge >= 0.3 is 6.03 Å². The second kappa shape index (κ2) is 8.51. The maximum atomic E-state index is 12.7. The van der Waals surface area contributed by atoms with E-state index >= 15 is 0 Å². The van der Waals surface area contributed by atoms with Gasteiger partial charge in [-0.2, -0.15) is 0 Å². The molecule has 0 bridgehead atoms. The molecule has 1 saturated heterocycles. The minimum Gasteiger partial charge on any atom is -0.340 e. The standard InChI is InChI=1S/C18H29N3O2S/c1-5-20(6-2)18(23)21-10-7-15(8-11-21)17(22)19(4)13-16-14(3)9-12-24-16/h9,12,15H,5-8,10-11,13H2,1-4H3. The lowest BCUT2D eigenvalue weighted by atomic mass is 9.95. The quantitative estimate of drug-likeness (QED) is 0.818. The summed E-state index contributed by atoms with van der Waals surface area (Å²) in [6, 6.07) is 2.20. The van der Waals surface area contributed by atoms with Crippen LogP contribution in [0.2, 0.25) is 0 Å². The van der Waals surface area contributed by atoms with Crippen molar-refractivity contribution in [2.24, 2.45) is 5.92 Å². The molecule has 0 aromatic carbocycles. The maximum Gasteiger partial charge on any atom is 0.319 e. The van der Waals surface area contributed by atoms with E-state index in [1.807, 2.05) is 35.6 Å². The van der Waals surface area contributed by atoms with Crippen molar-refractivity contribution in [3.63, 3.8) is 0 Å². The van der Waals surface area contributed by atoms with Crippen molar-refractivity contribution in [3.8, 4) is 0 Å². The molecule has 5 nitrogen and oxygen atoms in total. The lowest BCUT2D eigenvalue weighted by molar-refractivity contribution is -0.136. The second-order valence-electron chi connectivity index (χ2n) is 6.44. The minimum atomic E-state index is 0.0380. The molecule has 1 fully saturated rings. The van der Waals surface area contributed by atoms with Crippen LogP contribution in [0.15, 0.2) is 11.4 Å². The number of thiophene rings is 1. The molecular weight excluding hydrogens is 322 g/mol. The van der Waals surface area contributed by atoms with E-state index in [0.29, 0.717) is 19.6 Å². The summed E-state index contributed by atoms with van der Waals surface area (Å²) in [4.78, 5) is 31.9. The largest absolute Gasteiger partial charge is 0.340 e. The zero-order valence-corrected chi connectivity index (χ0v) is 16.1. The van der Waals surface area contributed by atoms with Gasteiger partial charge in [0.25, 0.3) is 0 Å². The van der Waals surface area contributed by atoms with Crippen molar-refractivity contribution < 1.29 is 9.59 Å². The third-order valence-corrected chi connectivity index (χ3v) is 5.88. The number of amides is 3. The third kappa shape index (κ3) is 4.29. The number of likely N-dealkylation sites (tertiary alicyclic amines) is 1. The highest BCUT2D eigenvalue weighted by molar-refractivity contribution is 7.10. The second-order valence-corrected chi connectivity index (χ2v) is 7.44. The summed E-state index contributed by atoms with van der Waals surface area (Å²) in [6.07, 6.45) is 1.53. The van der Waals surface area contributed by atoms with Crippen molar-refractivity contribution in [3.05, 3.63) is 21.9 Å². The van der Waals surface area contributed by atoms with Crippen LogP contribution in [-0.4, -0.2) is 59.9 Å². The Balaban J connectivity index is 1.86. The lowest BCUT2D eigenvalue weighted by Gasteiger charge is -2.35. The molecule has 24 heavy (non-hydrogen) atoms. The Kier molecular flexibility index (Phi) is 6.66. The summed E-state index contributed by atoms with van der Waals surface area (Å²) in [5, 5.41) is 2.07. The van der Waals surface area contributed by atoms with E-state index in [1.54, 1.807) is 11.3 Å². The van der Waals surface area contributed by atoms with Gasteiger partial charge in [0.2, 0.25) is 5.91 Å². The van der Waals surface area contributed by atoms with E-state index in [1.165, 1.54) is 10.4 Å². The zero-order chi connectivity index (χ0) is 17.7. The SMILES string of the molecule is CCN(CC)C(=O)N1CCC(C(=O)N(C)Cc2sccc2C)CC1. The molecule has 2 heterocycles. The number of urea groups is 1. The van der Waals surface area contributed by atoms with Crippen molar-refractivity contribution >= 4 is 23.3 Å². The molecule has 1 aromatic heterocycles. The number of hydrogen-bond acceptors (Lipinski definition) is 3. The summed E-state index contributed by atoms with van der Waals surface area (Å²) >= 11 is 1.70. The molecule has 1 aliphatic heterocycles. The third-order valence-electron chi connectivity index (χ3n) is 4.87. The Morgan fingerprint density at radius 1 is 1.25 bits per heavy atom. The van der Waals surface area contributed by atoms with Gasteiger partial charge in [-0.25, -0.2) is 4.79 Å². The predicted octanol–water partition coefficient (Wildman–Crippen LogP) is 3.19. The van der Waals surface area contributed by atoms with Gasteiger partial charge in [0.1, 0.15) is 0 Å². The van der Waals surface area contributed by atoms with E-state index in [0.717, 1.165) is 25.9 Å². The van der Waals surface area contributed by atoms with Gasteiger partial charge < -0.3 is 14.7 Å². The Labute approximate surface area is 149 Å². The van der Waals surface area contributed by atoms with Crippen molar-refractivity contribution in [2.75, 3.05) is 33.2 Å². The van der Waals surface area contributed by atoms with Gasteiger partial charge in [-0.1, -0.05) is 0 Å². The number of hydrogen-bond donors (Lipinski definition) is 0. The minimum absolute atomic E-state index is 0.0380. The molecule has 0 N–H and O–H groups in total. The number of rotatable bonds is 5. The van der Waals surface area contributed by atoms with E-state index in [4.69, 9.17) is 0 Å². The van der Waals surface area contributed by atoms with Gasteiger partial charge in [0.05, 0.1) is 6.54 Å². The highest BCUT2D eigenvalue weighted by Gasteiger charge is 2.30. The number of piperidine rings is 1. The van der Waals surface area contributed by atoms with Crippen molar-refractivity contribution in [2.45, 2.75) is 40.2 Å². The van der Waals surface area contributed by atoms with Crippen LogP contribution in [0.3, 0.4) is 0 Å². The van der Waals surface area contributed by atoms with Crippen LogP contribution in [0.4, 0.5) is 4.79 Å². The molecular formula is C18H29N3O2S. The Morgan fingerprint density at radius 3 is 2.38 bits per heavy atom. The Hall–Kier alpha value is -1.56. The van der Waals surface area contributed by atoms with Crippen LogP contribution in [0.25, 0.3) is 0 Å². The van der Waals surface area contributed by atoms with Crippen molar-refractivity contribution in [1.82, 2.24) is 14.7 Å². The summed E-state index contributed by atoms with van der Waals surface area (Å²) in [5.41, 5.74) is 1.25. The molecule has 0 aliphatic carbocycles. The average molecular weight is 352 g/mol. The van der Waals surface area contributed by atoms with Crippen LogP contribution in [0.1, 0.15) is 37.1 Å². The highest BCUT2D eigenvalue weighted by atomic mass is 32.1. The highest BCUT2D eigenvalue weighted by Crippen LogP contribution is 2.23. The normalized spacial score (nSPS) is 15.4. The number of aryl methyl sites for hydroxylation is 1. The molecule has 0 saturated carbocycles. The first-order chi connectivity index (χ1) is 11.5. The molecule has 0 radical (unpaired) electrons. The zero-order valence-electron chi connectivity index (χ0n) is 15.2. The van der Waals surface area contributed by atoms with Gasteiger partial charge in [-0.05, 0) is 50.6 Å². The molecule has 0 spiro atoms. The van der Waals surface area contributed by atoms with E-state index in [2.05, 4.69) is 18.4 Å². The fourth-order valence-corrected chi connectivity index (χ4v) is 4.14. The molecule has 1 aromatic rings. The number of nitrogens with zero attached hydrogens (tertiary/aromatic N) is 3. The average Bonchev–Trinajstić information content (AvgIpc) is 3.00. The molecule has 2 rings (SSSR count). The number of carbonyl (C=O) groups is 2. The molecule has 1 aliphatic rings. The predicted molar refractivity (Wildman–Crippen MR) is 98.1 cm³/mol. The lowest BCUT2D eigenvalue weighted by Crippen LogP contribution is -2.48. The first kappa shape index (κ1) is 18.8. The molecule has 0 unspecified atom stereocenters. The first-order valence-electron chi connectivity index (χ1n) is 8.79. The van der Waals surface area contributed by atoms with E-state index < -0.39 is 0 Å². The summed E-state index contributed by atoms with van der Waals surface area (Å²) < 4.78 is 0. The fraction of sp³-hybridized carbons (Fsp3) is 0.667. The van der Waals surface area contributed by atoms with Gasteiger partial charge in [0.15, 0.2) is 0 Å². The summed E-state index contributed by atoms with van der Waals surface area (Å²) in [6.45, 7) is 9.59. The van der Waals surface area contributed by atoms with Crippen LogP contribution in [0.5, 0.6) is 0 Å². The summed E-state index contributed by atoms with van der Waals surface area (Å²) in [7, 11) is 1.88. The van der Waals surface area contributed by atoms with Crippen LogP contribution >= 0.6 is 11.3 Å². The van der Waals surface area contributed by atoms with Crippen LogP contribution < -0.4 is 0 Å². The topological polar surface area (TPSA) is 43.9 Å².